The number of methoxy groups -OCH3 is 1. The minimum atomic E-state index is -0.0726. The third-order valence-electron chi connectivity index (χ3n) is 5.57. The first-order valence-electron chi connectivity index (χ1n) is 11.0. The highest BCUT2D eigenvalue weighted by atomic mass is 32.1. The van der Waals surface area contributed by atoms with Gasteiger partial charge in [-0.15, -0.1) is 0 Å². The Morgan fingerprint density at radius 2 is 1.74 bits per heavy atom. The lowest BCUT2D eigenvalue weighted by Gasteiger charge is -2.13. The van der Waals surface area contributed by atoms with Crippen LogP contribution in [0.3, 0.4) is 0 Å². The van der Waals surface area contributed by atoms with Gasteiger partial charge in [-0.1, -0.05) is 41.7 Å². The molecule has 0 amide bonds. The molecule has 0 saturated carbocycles. The molecule has 2 heterocycles. The van der Waals surface area contributed by atoms with Crippen molar-refractivity contribution in [3.63, 3.8) is 0 Å². The number of fused-ring (bicyclic) bond motifs is 3. The summed E-state index contributed by atoms with van der Waals surface area (Å²) in [6.45, 7) is 4.86. The van der Waals surface area contributed by atoms with Gasteiger partial charge in [-0.3, -0.25) is 4.79 Å². The number of thiazole rings is 1. The van der Waals surface area contributed by atoms with Crippen LogP contribution in [0.4, 0.5) is 0 Å². The van der Waals surface area contributed by atoms with Gasteiger partial charge < -0.3 is 14.2 Å². The van der Waals surface area contributed by atoms with Gasteiger partial charge in [0.1, 0.15) is 19.0 Å². The molecule has 0 radical (unpaired) electrons. The van der Waals surface area contributed by atoms with Crippen molar-refractivity contribution in [3.8, 4) is 17.2 Å². The Morgan fingerprint density at radius 3 is 2.56 bits per heavy atom. The van der Waals surface area contributed by atoms with E-state index in [2.05, 4.69) is 11.1 Å². The van der Waals surface area contributed by atoms with Gasteiger partial charge in [-0.05, 0) is 66.9 Å². The summed E-state index contributed by atoms with van der Waals surface area (Å²) in [5, 5.41) is 0. The van der Waals surface area contributed by atoms with E-state index in [1.54, 1.807) is 11.5 Å². The fourth-order valence-corrected chi connectivity index (χ4v) is 4.81. The minimum absolute atomic E-state index is 0.0726. The largest absolute Gasteiger partial charge is 0.493 e. The summed E-state index contributed by atoms with van der Waals surface area (Å²) < 4.78 is 19.6. The van der Waals surface area contributed by atoms with Crippen LogP contribution >= 0.6 is 11.3 Å². The number of benzene rings is 3. The Kier molecular flexibility index (Phi) is 5.94. The molecular weight excluding hydrogens is 448 g/mol. The molecule has 0 fully saturated rings. The standard InChI is InChI=1S/C27H24N2O4S/c1-17-8-9-18(2)23(14-17)33-13-12-32-22-11-10-19(15-24(22)31-3)16-25-26(30)29-21-7-5-4-6-20(21)28-27(29)34-25/h4-11,14-16H,12-13H2,1-3H3/b25-16-. The van der Waals surface area contributed by atoms with Crippen molar-refractivity contribution in [3.05, 3.63) is 92.2 Å². The van der Waals surface area contributed by atoms with E-state index < -0.39 is 0 Å². The smallest absolute Gasteiger partial charge is 0.274 e. The molecular formula is C27H24N2O4S. The fraction of sp³-hybridized carbons (Fsp3) is 0.185. The molecule has 0 atom stereocenters. The molecule has 0 aliphatic carbocycles. The van der Waals surface area contributed by atoms with Crippen molar-refractivity contribution in [1.29, 1.82) is 0 Å². The van der Waals surface area contributed by atoms with Crippen LogP contribution in [0.1, 0.15) is 16.7 Å². The Labute approximate surface area is 200 Å². The maximum Gasteiger partial charge on any atom is 0.274 e. The monoisotopic (exact) mass is 472 g/mol. The highest BCUT2D eigenvalue weighted by molar-refractivity contribution is 7.15. The molecule has 0 bridgehead atoms. The number of hydrogen-bond acceptors (Lipinski definition) is 6. The first kappa shape index (κ1) is 22.0. The summed E-state index contributed by atoms with van der Waals surface area (Å²) in [5.74, 6) is 2.09. The van der Waals surface area contributed by atoms with Crippen LogP contribution in [0.15, 0.2) is 65.5 Å². The average molecular weight is 473 g/mol. The molecule has 0 spiro atoms. The number of aromatic nitrogens is 2. The normalized spacial score (nSPS) is 11.9. The van der Waals surface area contributed by atoms with Crippen molar-refractivity contribution >= 4 is 33.4 Å². The number of aryl methyl sites for hydroxylation is 2. The summed E-state index contributed by atoms with van der Waals surface area (Å²) in [6.07, 6.45) is 1.85. The third kappa shape index (κ3) is 4.22. The number of nitrogens with zero attached hydrogens (tertiary/aromatic N) is 2. The van der Waals surface area contributed by atoms with E-state index in [0.717, 1.165) is 33.5 Å². The van der Waals surface area contributed by atoms with Gasteiger partial charge in [-0.2, -0.15) is 0 Å². The zero-order valence-corrected chi connectivity index (χ0v) is 20.0. The van der Waals surface area contributed by atoms with Crippen molar-refractivity contribution in [1.82, 2.24) is 9.38 Å². The Bertz CT molecular complexity index is 1600. The van der Waals surface area contributed by atoms with E-state index in [9.17, 15) is 4.79 Å². The highest BCUT2D eigenvalue weighted by Crippen LogP contribution is 2.28. The van der Waals surface area contributed by atoms with Crippen LogP contribution in [0, 0.1) is 13.8 Å². The second kappa shape index (κ2) is 9.19. The molecule has 2 aromatic heterocycles. The fourth-order valence-electron chi connectivity index (χ4n) is 3.82. The first-order valence-corrected chi connectivity index (χ1v) is 11.8. The summed E-state index contributed by atoms with van der Waals surface area (Å²) in [4.78, 5) is 18.3. The predicted octanol–water partition coefficient (Wildman–Crippen LogP) is 4.54. The molecule has 0 unspecified atom stereocenters. The van der Waals surface area contributed by atoms with E-state index in [-0.39, 0.29) is 5.56 Å². The molecule has 6 nitrogen and oxygen atoms in total. The van der Waals surface area contributed by atoms with Gasteiger partial charge in [0.15, 0.2) is 16.5 Å². The number of rotatable bonds is 7. The Hall–Kier alpha value is -3.84. The van der Waals surface area contributed by atoms with E-state index in [0.29, 0.717) is 34.2 Å². The van der Waals surface area contributed by atoms with Gasteiger partial charge in [0, 0.05) is 0 Å². The summed E-state index contributed by atoms with van der Waals surface area (Å²) in [6, 6.07) is 19.4. The van der Waals surface area contributed by atoms with E-state index in [1.807, 2.05) is 74.5 Å². The number of ether oxygens (including phenoxy) is 3. The maximum atomic E-state index is 13.0. The van der Waals surface area contributed by atoms with Crippen LogP contribution in [0.25, 0.3) is 22.1 Å². The molecule has 0 saturated heterocycles. The Balaban J connectivity index is 1.33. The number of imidazole rings is 1. The summed E-state index contributed by atoms with van der Waals surface area (Å²) >= 11 is 1.37. The van der Waals surface area contributed by atoms with E-state index >= 15 is 0 Å². The SMILES string of the molecule is COc1cc(/C=c2\sc3nc4ccccc4n3c2=O)ccc1OCCOc1cc(C)ccc1C. The average Bonchev–Trinajstić information content (AvgIpc) is 3.35. The van der Waals surface area contributed by atoms with Crippen LogP contribution in [0.5, 0.6) is 17.2 Å². The molecule has 34 heavy (non-hydrogen) atoms. The molecule has 172 valence electrons. The van der Waals surface area contributed by atoms with Crippen molar-refractivity contribution in [2.75, 3.05) is 20.3 Å². The van der Waals surface area contributed by atoms with Crippen molar-refractivity contribution < 1.29 is 14.2 Å². The maximum absolute atomic E-state index is 13.0. The predicted molar refractivity (Wildman–Crippen MR) is 136 cm³/mol. The lowest BCUT2D eigenvalue weighted by molar-refractivity contribution is 0.210. The van der Waals surface area contributed by atoms with Gasteiger partial charge >= 0.3 is 0 Å². The van der Waals surface area contributed by atoms with E-state index in [1.165, 1.54) is 11.3 Å². The highest BCUT2D eigenvalue weighted by Gasteiger charge is 2.11. The molecule has 0 aliphatic rings. The quantitative estimate of drug-likeness (QED) is 0.326. The molecule has 0 N–H and O–H groups in total. The van der Waals surface area contributed by atoms with Crippen LogP contribution < -0.4 is 24.3 Å². The molecule has 0 aliphatic heterocycles. The zero-order valence-electron chi connectivity index (χ0n) is 19.2. The lowest BCUT2D eigenvalue weighted by atomic mass is 10.1. The van der Waals surface area contributed by atoms with Crippen molar-refractivity contribution in [2.45, 2.75) is 13.8 Å². The zero-order chi connectivity index (χ0) is 23.7. The van der Waals surface area contributed by atoms with Gasteiger partial charge in [-0.25, -0.2) is 9.38 Å². The van der Waals surface area contributed by atoms with Gasteiger partial charge in [0.2, 0.25) is 0 Å². The summed E-state index contributed by atoms with van der Waals surface area (Å²) in [5.41, 5.74) is 4.67. The molecule has 3 aromatic carbocycles. The van der Waals surface area contributed by atoms with Crippen LogP contribution in [0.2, 0.25) is 0 Å². The molecule has 5 rings (SSSR count). The van der Waals surface area contributed by atoms with Gasteiger partial charge in [0.25, 0.3) is 5.56 Å². The van der Waals surface area contributed by atoms with E-state index in [4.69, 9.17) is 14.2 Å². The van der Waals surface area contributed by atoms with Crippen molar-refractivity contribution in [2.24, 2.45) is 0 Å². The van der Waals surface area contributed by atoms with Crippen LogP contribution in [-0.2, 0) is 0 Å². The first-order chi connectivity index (χ1) is 16.5. The second-order valence-electron chi connectivity index (χ2n) is 8.01. The molecule has 5 aromatic rings. The van der Waals surface area contributed by atoms with Gasteiger partial charge in [0.05, 0.1) is 22.7 Å². The number of para-hydroxylation sites is 2. The summed E-state index contributed by atoms with van der Waals surface area (Å²) in [7, 11) is 1.60. The van der Waals surface area contributed by atoms with Crippen LogP contribution in [-0.4, -0.2) is 29.7 Å². The number of hydrogen-bond donors (Lipinski definition) is 0. The lowest BCUT2D eigenvalue weighted by Crippen LogP contribution is -2.22. The Morgan fingerprint density at radius 1 is 0.941 bits per heavy atom. The third-order valence-corrected chi connectivity index (χ3v) is 6.54. The topological polar surface area (TPSA) is 62.1 Å². The minimum Gasteiger partial charge on any atom is -0.493 e. The second-order valence-corrected chi connectivity index (χ2v) is 9.02. The molecule has 7 heteroatoms.